The van der Waals surface area contributed by atoms with Crippen LogP contribution < -0.4 is 15.8 Å². The standard InChI is InChI=1S/C28H23N7O2/c1-16-12-21(19-6-8-20(9-7-19)25(30)36)13-17(2)24(16)37-27-23-26(35(3)15-31-23)33-28(34-27)32-22-10-4-18(14-29)5-11-22/h4-13,15H,1-3H3,(H2,30,36)(H,32,33,34). The minimum atomic E-state index is -0.457. The van der Waals surface area contributed by atoms with Gasteiger partial charge in [0.15, 0.2) is 11.2 Å². The van der Waals surface area contributed by atoms with Gasteiger partial charge in [0.05, 0.1) is 18.0 Å². The van der Waals surface area contributed by atoms with Crippen molar-refractivity contribution in [3.8, 4) is 28.8 Å². The highest BCUT2D eigenvalue weighted by Gasteiger charge is 2.17. The number of rotatable bonds is 6. The van der Waals surface area contributed by atoms with Crippen molar-refractivity contribution in [2.24, 2.45) is 12.8 Å². The van der Waals surface area contributed by atoms with E-state index in [1.165, 1.54) is 0 Å². The highest BCUT2D eigenvalue weighted by molar-refractivity contribution is 5.93. The minimum absolute atomic E-state index is 0.325. The lowest BCUT2D eigenvalue weighted by Crippen LogP contribution is -2.10. The van der Waals surface area contributed by atoms with Gasteiger partial charge >= 0.3 is 0 Å². The summed E-state index contributed by atoms with van der Waals surface area (Å²) in [7, 11) is 1.85. The number of carbonyl (C=O) groups is 1. The van der Waals surface area contributed by atoms with Crippen LogP contribution in [0, 0.1) is 25.2 Å². The number of nitriles is 1. The highest BCUT2D eigenvalue weighted by Crippen LogP contribution is 2.35. The Morgan fingerprint density at radius 1 is 1.00 bits per heavy atom. The molecule has 9 heteroatoms. The molecule has 2 heterocycles. The van der Waals surface area contributed by atoms with E-state index in [9.17, 15) is 4.79 Å². The van der Waals surface area contributed by atoms with Crippen molar-refractivity contribution in [2.75, 3.05) is 5.32 Å². The van der Waals surface area contributed by atoms with E-state index >= 15 is 0 Å². The molecule has 5 rings (SSSR count). The van der Waals surface area contributed by atoms with E-state index in [4.69, 9.17) is 15.7 Å². The minimum Gasteiger partial charge on any atom is -0.436 e. The predicted molar refractivity (Wildman–Crippen MR) is 141 cm³/mol. The van der Waals surface area contributed by atoms with Crippen molar-refractivity contribution in [1.29, 1.82) is 5.26 Å². The molecular formula is C28H23N7O2. The number of ether oxygens (including phenoxy) is 1. The maximum absolute atomic E-state index is 11.4. The van der Waals surface area contributed by atoms with Crippen LogP contribution in [0.5, 0.6) is 11.6 Å². The van der Waals surface area contributed by atoms with Crippen molar-refractivity contribution >= 4 is 28.7 Å². The number of aromatic nitrogens is 4. The maximum atomic E-state index is 11.4. The molecule has 182 valence electrons. The summed E-state index contributed by atoms with van der Waals surface area (Å²) < 4.78 is 8.15. The van der Waals surface area contributed by atoms with Gasteiger partial charge in [0.25, 0.3) is 5.88 Å². The number of nitrogens with zero attached hydrogens (tertiary/aromatic N) is 5. The number of nitrogens with two attached hydrogens (primary N) is 1. The fraction of sp³-hybridized carbons (Fsp3) is 0.107. The number of anilines is 2. The first-order valence-electron chi connectivity index (χ1n) is 11.5. The van der Waals surface area contributed by atoms with E-state index in [-0.39, 0.29) is 0 Å². The molecule has 0 unspecified atom stereocenters. The van der Waals surface area contributed by atoms with E-state index in [1.807, 2.05) is 45.2 Å². The Balaban J connectivity index is 1.49. The molecule has 3 aromatic carbocycles. The molecule has 0 saturated heterocycles. The van der Waals surface area contributed by atoms with Gasteiger partial charge in [-0.1, -0.05) is 12.1 Å². The molecule has 5 aromatic rings. The molecule has 1 amide bonds. The molecule has 0 atom stereocenters. The predicted octanol–water partition coefficient (Wildman–Crippen LogP) is 5.15. The van der Waals surface area contributed by atoms with Crippen LogP contribution in [0.15, 0.2) is 67.0 Å². The van der Waals surface area contributed by atoms with Crippen LogP contribution in [-0.2, 0) is 7.05 Å². The second kappa shape index (κ2) is 9.43. The highest BCUT2D eigenvalue weighted by atomic mass is 16.5. The molecule has 0 bridgehead atoms. The number of hydrogen-bond donors (Lipinski definition) is 2. The van der Waals surface area contributed by atoms with Crippen LogP contribution in [0.25, 0.3) is 22.3 Å². The fourth-order valence-corrected chi connectivity index (χ4v) is 4.07. The van der Waals surface area contributed by atoms with Gasteiger partial charge in [0, 0.05) is 18.3 Å². The zero-order chi connectivity index (χ0) is 26.1. The summed E-state index contributed by atoms with van der Waals surface area (Å²) in [6, 6.07) is 20.3. The maximum Gasteiger partial charge on any atom is 0.252 e. The third-order valence-corrected chi connectivity index (χ3v) is 5.96. The number of amides is 1. The van der Waals surface area contributed by atoms with Gasteiger partial charge in [0.1, 0.15) is 5.75 Å². The molecule has 0 aliphatic heterocycles. The van der Waals surface area contributed by atoms with Gasteiger partial charge < -0.3 is 20.4 Å². The molecule has 0 fully saturated rings. The first-order chi connectivity index (χ1) is 17.8. The average Bonchev–Trinajstić information content (AvgIpc) is 3.27. The number of aryl methyl sites for hydroxylation is 3. The third-order valence-electron chi connectivity index (χ3n) is 5.96. The number of benzene rings is 3. The van der Waals surface area contributed by atoms with Gasteiger partial charge in [-0.3, -0.25) is 4.79 Å². The molecule has 0 aliphatic carbocycles. The average molecular weight is 490 g/mol. The smallest absolute Gasteiger partial charge is 0.252 e. The molecule has 0 radical (unpaired) electrons. The lowest BCUT2D eigenvalue weighted by atomic mass is 9.99. The summed E-state index contributed by atoms with van der Waals surface area (Å²) in [6.07, 6.45) is 1.66. The number of primary amides is 1. The Bertz CT molecular complexity index is 1660. The van der Waals surface area contributed by atoms with Crippen LogP contribution in [0.2, 0.25) is 0 Å². The van der Waals surface area contributed by atoms with Crippen LogP contribution in [0.3, 0.4) is 0 Å². The molecule has 0 aliphatic rings. The topological polar surface area (TPSA) is 132 Å². The van der Waals surface area contributed by atoms with Gasteiger partial charge in [-0.05, 0) is 84.6 Å². The van der Waals surface area contributed by atoms with Crippen molar-refractivity contribution in [3.05, 3.63) is 89.2 Å². The second-order valence-corrected chi connectivity index (χ2v) is 8.68. The van der Waals surface area contributed by atoms with E-state index < -0.39 is 5.91 Å². The largest absolute Gasteiger partial charge is 0.436 e. The second-order valence-electron chi connectivity index (χ2n) is 8.68. The van der Waals surface area contributed by atoms with Crippen molar-refractivity contribution in [2.45, 2.75) is 13.8 Å². The monoisotopic (exact) mass is 489 g/mol. The quantitative estimate of drug-likeness (QED) is 0.337. The van der Waals surface area contributed by atoms with E-state index in [0.29, 0.717) is 39.9 Å². The molecule has 3 N–H and O–H groups in total. The SMILES string of the molecule is Cc1cc(-c2ccc(C(N)=O)cc2)cc(C)c1Oc1nc(Nc2ccc(C#N)cc2)nc2c1ncn2C. The molecule has 0 spiro atoms. The van der Waals surface area contributed by atoms with Crippen molar-refractivity contribution in [3.63, 3.8) is 0 Å². The van der Waals surface area contributed by atoms with Gasteiger partial charge in [0.2, 0.25) is 11.9 Å². The van der Waals surface area contributed by atoms with Crippen molar-refractivity contribution in [1.82, 2.24) is 19.5 Å². The summed E-state index contributed by atoms with van der Waals surface area (Å²) in [6.45, 7) is 3.94. The van der Waals surface area contributed by atoms with Crippen molar-refractivity contribution < 1.29 is 9.53 Å². The van der Waals surface area contributed by atoms with Crippen LogP contribution in [-0.4, -0.2) is 25.4 Å². The lowest BCUT2D eigenvalue weighted by molar-refractivity contribution is 0.100. The van der Waals surface area contributed by atoms with Crippen LogP contribution >= 0.6 is 0 Å². The lowest BCUT2D eigenvalue weighted by Gasteiger charge is -2.15. The Morgan fingerprint density at radius 2 is 1.68 bits per heavy atom. The van der Waals surface area contributed by atoms with Crippen LogP contribution in [0.4, 0.5) is 11.6 Å². The number of hydrogen-bond acceptors (Lipinski definition) is 7. The van der Waals surface area contributed by atoms with E-state index in [2.05, 4.69) is 26.3 Å². The fourth-order valence-electron chi connectivity index (χ4n) is 4.07. The summed E-state index contributed by atoms with van der Waals surface area (Å²) in [5.41, 5.74) is 12.1. The zero-order valence-electron chi connectivity index (χ0n) is 20.5. The summed E-state index contributed by atoms with van der Waals surface area (Å²) in [5, 5.41) is 12.2. The Kier molecular flexibility index (Phi) is 5.99. The first kappa shape index (κ1) is 23.5. The molecule has 2 aromatic heterocycles. The number of fused-ring (bicyclic) bond motifs is 1. The van der Waals surface area contributed by atoms with Gasteiger partial charge in [-0.15, -0.1) is 0 Å². The number of imidazole rings is 1. The number of carbonyl (C=O) groups excluding carboxylic acids is 1. The molecular weight excluding hydrogens is 466 g/mol. The Hall–Kier alpha value is -5.23. The Morgan fingerprint density at radius 3 is 2.30 bits per heavy atom. The first-order valence-corrected chi connectivity index (χ1v) is 11.5. The molecule has 9 nitrogen and oxygen atoms in total. The Labute approximate surface area is 213 Å². The molecule has 0 saturated carbocycles. The summed E-state index contributed by atoms with van der Waals surface area (Å²) in [4.78, 5) is 25.0. The normalized spacial score (nSPS) is 10.8. The summed E-state index contributed by atoms with van der Waals surface area (Å²) >= 11 is 0. The van der Waals surface area contributed by atoms with E-state index in [0.717, 1.165) is 27.9 Å². The number of nitrogens with one attached hydrogen (secondary N) is 1. The third kappa shape index (κ3) is 4.68. The summed E-state index contributed by atoms with van der Waals surface area (Å²) in [5.74, 6) is 0.887. The van der Waals surface area contributed by atoms with Gasteiger partial charge in [-0.2, -0.15) is 15.2 Å². The van der Waals surface area contributed by atoms with Gasteiger partial charge in [-0.25, -0.2) is 4.98 Å². The zero-order valence-corrected chi connectivity index (χ0v) is 20.5. The van der Waals surface area contributed by atoms with Crippen LogP contribution in [0.1, 0.15) is 27.0 Å². The molecule has 37 heavy (non-hydrogen) atoms. The van der Waals surface area contributed by atoms with E-state index in [1.54, 1.807) is 47.3 Å².